The Kier molecular flexibility index (Phi) is 4.68. The van der Waals surface area contributed by atoms with E-state index in [4.69, 9.17) is 5.73 Å². The zero-order valence-corrected chi connectivity index (χ0v) is 11.7. The molecule has 6 heteroatoms. The maximum Gasteiger partial charge on any atom is 0.223 e. The van der Waals surface area contributed by atoms with Crippen LogP contribution < -0.4 is 5.73 Å². The first-order valence-corrected chi connectivity index (χ1v) is 6.72. The van der Waals surface area contributed by atoms with Crippen LogP contribution in [0, 0.1) is 5.92 Å². The fourth-order valence-corrected chi connectivity index (χ4v) is 2.44. The predicted molar refractivity (Wildman–Crippen MR) is 74.5 cm³/mol. The lowest BCUT2D eigenvalue weighted by Gasteiger charge is -2.21. The normalized spacial score (nSPS) is 20.4. The average Bonchev–Trinajstić information content (AvgIpc) is 2.63. The summed E-state index contributed by atoms with van der Waals surface area (Å²) in [7, 11) is 0. The Morgan fingerprint density at radius 3 is 2.60 bits per heavy atom. The predicted octanol–water partition coefficient (Wildman–Crippen LogP) is -0.153. The van der Waals surface area contributed by atoms with Crippen molar-refractivity contribution in [2.75, 3.05) is 26.2 Å². The first-order chi connectivity index (χ1) is 9.56. The van der Waals surface area contributed by atoms with Crippen molar-refractivity contribution in [1.82, 2.24) is 14.8 Å². The molecule has 108 valence electrons. The number of carbonyl (C=O) groups is 2. The van der Waals surface area contributed by atoms with Crippen molar-refractivity contribution in [2.24, 2.45) is 11.7 Å². The summed E-state index contributed by atoms with van der Waals surface area (Å²) in [5.74, 6) is -0.678. The van der Waals surface area contributed by atoms with Crippen LogP contribution in [0.5, 0.6) is 0 Å². The van der Waals surface area contributed by atoms with Gasteiger partial charge in [0.25, 0.3) is 0 Å². The van der Waals surface area contributed by atoms with Crippen LogP contribution >= 0.6 is 0 Å². The van der Waals surface area contributed by atoms with E-state index in [2.05, 4.69) is 9.88 Å². The average molecular weight is 276 g/mol. The van der Waals surface area contributed by atoms with Gasteiger partial charge >= 0.3 is 0 Å². The van der Waals surface area contributed by atoms with Gasteiger partial charge in [-0.3, -0.25) is 19.5 Å². The molecule has 1 atom stereocenters. The minimum absolute atomic E-state index is 0.0120. The van der Waals surface area contributed by atoms with Gasteiger partial charge in [0.2, 0.25) is 11.8 Å². The monoisotopic (exact) mass is 276 g/mol. The number of amides is 2. The highest BCUT2D eigenvalue weighted by Gasteiger charge is 2.27. The topological polar surface area (TPSA) is 79.5 Å². The van der Waals surface area contributed by atoms with Crippen molar-refractivity contribution in [2.45, 2.75) is 13.5 Å². The molecule has 1 saturated heterocycles. The van der Waals surface area contributed by atoms with Gasteiger partial charge in [0, 0.05) is 52.0 Å². The second kappa shape index (κ2) is 6.47. The number of hydrogen-bond donors (Lipinski definition) is 1. The van der Waals surface area contributed by atoms with Crippen LogP contribution in [-0.2, 0) is 16.1 Å². The molecule has 1 fully saturated rings. The number of primary amides is 1. The lowest BCUT2D eigenvalue weighted by atomic mass is 10.1. The first kappa shape index (κ1) is 14.5. The number of aromatic nitrogens is 1. The van der Waals surface area contributed by atoms with E-state index >= 15 is 0 Å². The standard InChI is InChI=1S/C14H20N4O2/c1-11(19)18-7-6-17(9-13(10-18)14(15)20)8-12-2-4-16-5-3-12/h2-5,13H,6-10H2,1H3,(H2,15,20)/t13-/m0/s1. The van der Waals surface area contributed by atoms with E-state index in [9.17, 15) is 9.59 Å². The van der Waals surface area contributed by atoms with E-state index in [1.54, 1.807) is 17.3 Å². The number of pyridine rings is 1. The minimum atomic E-state index is -0.349. The highest BCUT2D eigenvalue weighted by molar-refractivity contribution is 5.79. The van der Waals surface area contributed by atoms with Crippen molar-refractivity contribution < 1.29 is 9.59 Å². The molecule has 1 aliphatic heterocycles. The maximum absolute atomic E-state index is 11.5. The van der Waals surface area contributed by atoms with E-state index in [1.807, 2.05) is 12.1 Å². The highest BCUT2D eigenvalue weighted by atomic mass is 16.2. The quantitative estimate of drug-likeness (QED) is 0.832. The largest absolute Gasteiger partial charge is 0.369 e. The number of nitrogens with zero attached hydrogens (tertiary/aromatic N) is 3. The molecule has 0 aromatic carbocycles. The van der Waals surface area contributed by atoms with E-state index in [1.165, 1.54) is 6.92 Å². The Bertz CT molecular complexity index is 477. The van der Waals surface area contributed by atoms with Gasteiger partial charge in [-0.15, -0.1) is 0 Å². The molecule has 1 aromatic heterocycles. The van der Waals surface area contributed by atoms with Crippen LogP contribution in [0.3, 0.4) is 0 Å². The molecule has 0 radical (unpaired) electrons. The van der Waals surface area contributed by atoms with Gasteiger partial charge < -0.3 is 10.6 Å². The molecule has 2 N–H and O–H groups in total. The SMILES string of the molecule is CC(=O)N1CCN(Cc2ccncc2)C[C@H](C(N)=O)C1. The summed E-state index contributed by atoms with van der Waals surface area (Å²) in [6, 6.07) is 3.90. The molecule has 1 aromatic rings. The fraction of sp³-hybridized carbons (Fsp3) is 0.500. The molecule has 0 saturated carbocycles. The van der Waals surface area contributed by atoms with Crippen LogP contribution in [0.2, 0.25) is 0 Å². The summed E-state index contributed by atoms with van der Waals surface area (Å²) in [6.07, 6.45) is 3.50. The van der Waals surface area contributed by atoms with Gasteiger partial charge in [-0.1, -0.05) is 0 Å². The highest BCUT2D eigenvalue weighted by Crippen LogP contribution is 2.13. The second-order valence-corrected chi connectivity index (χ2v) is 5.15. The maximum atomic E-state index is 11.5. The Morgan fingerprint density at radius 2 is 2.00 bits per heavy atom. The fourth-order valence-electron chi connectivity index (χ4n) is 2.44. The molecule has 2 amide bonds. The second-order valence-electron chi connectivity index (χ2n) is 5.15. The summed E-state index contributed by atoms with van der Waals surface area (Å²) in [4.78, 5) is 30.9. The third-order valence-electron chi connectivity index (χ3n) is 3.61. The summed E-state index contributed by atoms with van der Waals surface area (Å²) < 4.78 is 0. The third-order valence-corrected chi connectivity index (χ3v) is 3.61. The Morgan fingerprint density at radius 1 is 1.30 bits per heavy atom. The number of rotatable bonds is 3. The van der Waals surface area contributed by atoms with E-state index in [-0.39, 0.29) is 17.7 Å². The van der Waals surface area contributed by atoms with Gasteiger partial charge in [0.1, 0.15) is 0 Å². The van der Waals surface area contributed by atoms with Crippen LogP contribution in [-0.4, -0.2) is 52.8 Å². The molecule has 1 aliphatic rings. The Hall–Kier alpha value is -1.95. The van der Waals surface area contributed by atoms with Gasteiger partial charge in [-0.25, -0.2) is 0 Å². The molecule has 2 heterocycles. The lowest BCUT2D eigenvalue weighted by molar-refractivity contribution is -0.130. The smallest absolute Gasteiger partial charge is 0.223 e. The number of nitrogens with two attached hydrogens (primary N) is 1. The molecular weight excluding hydrogens is 256 g/mol. The molecule has 0 unspecified atom stereocenters. The van der Waals surface area contributed by atoms with Crippen LogP contribution in [0.15, 0.2) is 24.5 Å². The van der Waals surface area contributed by atoms with E-state index < -0.39 is 0 Å². The zero-order valence-electron chi connectivity index (χ0n) is 11.7. The summed E-state index contributed by atoms with van der Waals surface area (Å²) >= 11 is 0. The van der Waals surface area contributed by atoms with Gasteiger partial charge in [0.05, 0.1) is 5.92 Å². The van der Waals surface area contributed by atoms with Crippen molar-refractivity contribution in [3.63, 3.8) is 0 Å². The van der Waals surface area contributed by atoms with Crippen molar-refractivity contribution in [3.8, 4) is 0 Å². The van der Waals surface area contributed by atoms with Gasteiger partial charge in [-0.05, 0) is 17.7 Å². The van der Waals surface area contributed by atoms with Crippen LogP contribution in [0.4, 0.5) is 0 Å². The molecular formula is C14H20N4O2. The number of carbonyl (C=O) groups excluding carboxylic acids is 2. The lowest BCUT2D eigenvalue weighted by Crippen LogP contribution is -2.39. The summed E-state index contributed by atoms with van der Waals surface area (Å²) in [5.41, 5.74) is 6.58. The Balaban J connectivity index is 2.06. The molecule has 0 bridgehead atoms. The van der Waals surface area contributed by atoms with Crippen molar-refractivity contribution in [1.29, 1.82) is 0 Å². The van der Waals surface area contributed by atoms with Crippen LogP contribution in [0.25, 0.3) is 0 Å². The van der Waals surface area contributed by atoms with Crippen molar-refractivity contribution in [3.05, 3.63) is 30.1 Å². The number of hydrogen-bond acceptors (Lipinski definition) is 4. The van der Waals surface area contributed by atoms with E-state index in [0.717, 1.165) is 18.7 Å². The minimum Gasteiger partial charge on any atom is -0.369 e. The molecule has 6 nitrogen and oxygen atoms in total. The third kappa shape index (κ3) is 3.77. The van der Waals surface area contributed by atoms with E-state index in [0.29, 0.717) is 19.6 Å². The molecule has 20 heavy (non-hydrogen) atoms. The molecule has 2 rings (SSSR count). The van der Waals surface area contributed by atoms with Gasteiger partial charge in [-0.2, -0.15) is 0 Å². The molecule has 0 spiro atoms. The summed E-state index contributed by atoms with van der Waals surface area (Å²) in [5, 5.41) is 0. The van der Waals surface area contributed by atoms with Crippen LogP contribution in [0.1, 0.15) is 12.5 Å². The Labute approximate surface area is 118 Å². The molecule has 0 aliphatic carbocycles. The first-order valence-electron chi connectivity index (χ1n) is 6.72. The summed E-state index contributed by atoms with van der Waals surface area (Å²) in [6.45, 7) is 4.63. The van der Waals surface area contributed by atoms with Crippen molar-refractivity contribution >= 4 is 11.8 Å². The zero-order chi connectivity index (χ0) is 14.5. The van der Waals surface area contributed by atoms with Gasteiger partial charge in [0.15, 0.2) is 0 Å².